The standard InChI is InChI=1S/C23H20N4O5/c1-14-10-16(11-17(13-24)23(29)25-18-4-7-20(28)8-5-18)15(2)26(14)21-12-19(27(30)31)6-9-22(21)32-3/h4-12,28H,1-3H3,(H,25,29). The van der Waals surface area contributed by atoms with Gasteiger partial charge in [0.05, 0.1) is 17.7 Å². The van der Waals surface area contributed by atoms with E-state index in [1.807, 2.05) is 13.0 Å². The number of hydrogen-bond acceptors (Lipinski definition) is 6. The van der Waals surface area contributed by atoms with Crippen LogP contribution in [0.4, 0.5) is 11.4 Å². The zero-order valence-electron chi connectivity index (χ0n) is 17.6. The van der Waals surface area contributed by atoms with Gasteiger partial charge in [-0.2, -0.15) is 5.26 Å². The highest BCUT2D eigenvalue weighted by Crippen LogP contribution is 2.32. The maximum absolute atomic E-state index is 12.6. The van der Waals surface area contributed by atoms with Gasteiger partial charge >= 0.3 is 0 Å². The Morgan fingerprint density at radius 3 is 2.50 bits per heavy atom. The minimum Gasteiger partial charge on any atom is -0.508 e. The number of aryl methyl sites for hydroxylation is 1. The summed E-state index contributed by atoms with van der Waals surface area (Å²) in [5.74, 6) is -0.0995. The van der Waals surface area contributed by atoms with Crippen LogP contribution in [0.3, 0.4) is 0 Å². The predicted molar refractivity (Wildman–Crippen MR) is 119 cm³/mol. The predicted octanol–water partition coefficient (Wildman–Crippen LogP) is 4.26. The van der Waals surface area contributed by atoms with Gasteiger partial charge in [0.1, 0.15) is 23.1 Å². The molecule has 2 N–H and O–H groups in total. The second-order valence-corrected chi connectivity index (χ2v) is 6.95. The number of rotatable bonds is 6. The minimum atomic E-state index is -0.601. The number of nitrogens with one attached hydrogen (secondary N) is 1. The van der Waals surface area contributed by atoms with Crippen LogP contribution in [0.15, 0.2) is 54.1 Å². The number of amides is 1. The van der Waals surface area contributed by atoms with Crippen LogP contribution in [-0.4, -0.2) is 27.6 Å². The lowest BCUT2D eigenvalue weighted by molar-refractivity contribution is -0.384. The summed E-state index contributed by atoms with van der Waals surface area (Å²) in [6.07, 6.45) is 1.46. The number of non-ortho nitro benzene ring substituents is 1. The first-order valence-corrected chi connectivity index (χ1v) is 9.49. The molecule has 0 spiro atoms. The number of phenols is 1. The highest BCUT2D eigenvalue weighted by molar-refractivity contribution is 6.09. The molecule has 0 radical (unpaired) electrons. The Hall–Kier alpha value is -4.58. The van der Waals surface area contributed by atoms with E-state index in [2.05, 4.69) is 5.32 Å². The first-order chi connectivity index (χ1) is 15.2. The van der Waals surface area contributed by atoms with E-state index in [9.17, 15) is 25.3 Å². The molecule has 0 fully saturated rings. The number of methoxy groups -OCH3 is 1. The van der Waals surface area contributed by atoms with Crippen molar-refractivity contribution in [1.29, 1.82) is 5.26 Å². The number of nitrogens with zero attached hydrogens (tertiary/aromatic N) is 3. The first kappa shape index (κ1) is 22.1. The number of aromatic nitrogens is 1. The number of phenolic OH excluding ortho intramolecular Hbond substituents is 1. The quantitative estimate of drug-likeness (QED) is 0.197. The Morgan fingerprint density at radius 1 is 1.22 bits per heavy atom. The van der Waals surface area contributed by atoms with Gasteiger partial charge < -0.3 is 19.7 Å². The number of aromatic hydroxyl groups is 1. The van der Waals surface area contributed by atoms with Crippen molar-refractivity contribution in [3.05, 3.63) is 81.2 Å². The summed E-state index contributed by atoms with van der Waals surface area (Å²) in [5, 5.41) is 32.7. The fourth-order valence-corrected chi connectivity index (χ4v) is 3.32. The smallest absolute Gasteiger partial charge is 0.271 e. The van der Waals surface area contributed by atoms with E-state index in [1.54, 1.807) is 17.6 Å². The van der Waals surface area contributed by atoms with Gasteiger partial charge in [-0.15, -0.1) is 0 Å². The molecule has 3 rings (SSSR count). The molecule has 1 aromatic heterocycles. The Labute approximate surface area is 183 Å². The monoisotopic (exact) mass is 432 g/mol. The van der Waals surface area contributed by atoms with Gasteiger partial charge in [0, 0.05) is 29.2 Å². The van der Waals surface area contributed by atoms with Crippen molar-refractivity contribution in [3.8, 4) is 23.3 Å². The normalized spacial score (nSPS) is 11.0. The molecule has 9 nitrogen and oxygen atoms in total. The fraction of sp³-hybridized carbons (Fsp3) is 0.130. The number of nitriles is 1. The molecule has 0 atom stereocenters. The number of hydrogen-bond donors (Lipinski definition) is 2. The van der Waals surface area contributed by atoms with Crippen LogP contribution in [0.1, 0.15) is 17.0 Å². The molecule has 0 bridgehead atoms. The lowest BCUT2D eigenvalue weighted by Crippen LogP contribution is -2.13. The van der Waals surface area contributed by atoms with Crippen molar-refractivity contribution in [3.63, 3.8) is 0 Å². The molecule has 0 saturated heterocycles. The highest BCUT2D eigenvalue weighted by atomic mass is 16.6. The van der Waals surface area contributed by atoms with Crippen LogP contribution in [0.25, 0.3) is 11.8 Å². The maximum Gasteiger partial charge on any atom is 0.271 e. The first-order valence-electron chi connectivity index (χ1n) is 9.49. The minimum absolute atomic E-state index is 0.0584. The SMILES string of the molecule is COc1ccc([N+](=O)[O-])cc1-n1c(C)cc(C=C(C#N)C(=O)Nc2ccc(O)cc2)c1C. The molecular weight excluding hydrogens is 412 g/mol. The van der Waals surface area contributed by atoms with Crippen LogP contribution in [0.2, 0.25) is 0 Å². The van der Waals surface area contributed by atoms with Gasteiger partial charge in [-0.25, -0.2) is 0 Å². The third-order valence-corrected chi connectivity index (χ3v) is 4.87. The zero-order valence-corrected chi connectivity index (χ0v) is 17.6. The molecule has 0 aliphatic heterocycles. The van der Waals surface area contributed by atoms with E-state index >= 15 is 0 Å². The maximum atomic E-state index is 12.6. The zero-order chi connectivity index (χ0) is 23.4. The highest BCUT2D eigenvalue weighted by Gasteiger charge is 2.18. The Kier molecular flexibility index (Phi) is 6.26. The molecule has 0 unspecified atom stereocenters. The molecular formula is C23H20N4O5. The molecule has 162 valence electrons. The molecule has 9 heteroatoms. The second kappa shape index (κ2) is 9.06. The number of ether oxygens (including phenoxy) is 1. The summed E-state index contributed by atoms with van der Waals surface area (Å²) in [6.45, 7) is 3.59. The van der Waals surface area contributed by atoms with E-state index in [1.165, 1.54) is 55.7 Å². The average molecular weight is 432 g/mol. The van der Waals surface area contributed by atoms with Gasteiger partial charge in [-0.05, 0) is 61.9 Å². The molecule has 2 aromatic carbocycles. The third-order valence-electron chi connectivity index (χ3n) is 4.87. The van der Waals surface area contributed by atoms with E-state index in [0.29, 0.717) is 28.4 Å². The van der Waals surface area contributed by atoms with Gasteiger partial charge in [0.15, 0.2) is 0 Å². The van der Waals surface area contributed by atoms with Crippen LogP contribution >= 0.6 is 0 Å². The molecule has 1 amide bonds. The van der Waals surface area contributed by atoms with Gasteiger partial charge in [-0.1, -0.05) is 0 Å². The van der Waals surface area contributed by atoms with Crippen LogP contribution in [0, 0.1) is 35.3 Å². The Morgan fingerprint density at radius 2 is 1.91 bits per heavy atom. The number of benzene rings is 2. The second-order valence-electron chi connectivity index (χ2n) is 6.95. The van der Waals surface area contributed by atoms with Crippen molar-refractivity contribution in [2.75, 3.05) is 12.4 Å². The van der Waals surface area contributed by atoms with Crippen molar-refractivity contribution in [2.24, 2.45) is 0 Å². The topological polar surface area (TPSA) is 130 Å². The van der Waals surface area contributed by atoms with Gasteiger partial charge in [0.25, 0.3) is 11.6 Å². The van der Waals surface area contributed by atoms with Crippen LogP contribution < -0.4 is 10.1 Å². The van der Waals surface area contributed by atoms with E-state index in [4.69, 9.17) is 4.74 Å². The largest absolute Gasteiger partial charge is 0.508 e. The summed E-state index contributed by atoms with van der Waals surface area (Å²) in [4.78, 5) is 23.3. The van der Waals surface area contributed by atoms with Crippen LogP contribution in [0.5, 0.6) is 11.5 Å². The number of nitro groups is 1. The fourth-order valence-electron chi connectivity index (χ4n) is 3.32. The van der Waals surface area contributed by atoms with Gasteiger partial charge in [0.2, 0.25) is 0 Å². The third kappa shape index (κ3) is 4.44. The lowest BCUT2D eigenvalue weighted by atomic mass is 10.1. The molecule has 0 saturated carbocycles. The average Bonchev–Trinajstić information content (AvgIpc) is 3.05. The van der Waals surface area contributed by atoms with Crippen molar-refractivity contribution >= 4 is 23.4 Å². The number of anilines is 1. The van der Waals surface area contributed by atoms with Crippen LogP contribution in [-0.2, 0) is 4.79 Å². The van der Waals surface area contributed by atoms with Crippen molar-refractivity contribution in [2.45, 2.75) is 13.8 Å². The van der Waals surface area contributed by atoms with E-state index in [-0.39, 0.29) is 17.0 Å². The molecule has 1 heterocycles. The summed E-state index contributed by atoms with van der Waals surface area (Å²) in [6, 6.07) is 13.8. The molecule has 3 aromatic rings. The van der Waals surface area contributed by atoms with Crippen molar-refractivity contribution < 1.29 is 19.6 Å². The lowest BCUT2D eigenvalue weighted by Gasteiger charge is -2.14. The Balaban J connectivity index is 2.01. The van der Waals surface area contributed by atoms with E-state index in [0.717, 1.165) is 5.69 Å². The summed E-state index contributed by atoms with van der Waals surface area (Å²) >= 11 is 0. The van der Waals surface area contributed by atoms with Gasteiger partial charge in [-0.3, -0.25) is 14.9 Å². The van der Waals surface area contributed by atoms with Crippen molar-refractivity contribution in [1.82, 2.24) is 4.57 Å². The number of nitro benzene ring substituents is 1. The molecule has 0 aliphatic carbocycles. The summed E-state index contributed by atoms with van der Waals surface area (Å²) in [7, 11) is 1.47. The summed E-state index contributed by atoms with van der Waals surface area (Å²) in [5.41, 5.74) is 2.72. The Bertz CT molecular complexity index is 1270. The molecule has 32 heavy (non-hydrogen) atoms. The number of carbonyl (C=O) groups excluding carboxylic acids is 1. The van der Waals surface area contributed by atoms with E-state index < -0.39 is 10.8 Å². The summed E-state index contributed by atoms with van der Waals surface area (Å²) < 4.78 is 7.14. The number of carbonyl (C=O) groups is 1. The molecule has 0 aliphatic rings.